The maximum absolute atomic E-state index is 13.1. The first-order valence-electron chi connectivity index (χ1n) is 7.41. The number of unbranched alkanes of at least 4 members (excludes halogenated alkanes) is 1. The minimum absolute atomic E-state index is 0.148. The summed E-state index contributed by atoms with van der Waals surface area (Å²) in [6, 6.07) is 12.3. The number of benzene rings is 2. The standard InChI is InChI=1S/C18H22FNO/c1-3-4-5-17(14-6-8-15(19)9-7-14)20-16-10-11-18(21)13(2)12-16/h6-12,17,20-21H,3-5H2,1-2H3. The molecule has 0 heterocycles. The Morgan fingerprint density at radius 2 is 1.86 bits per heavy atom. The lowest BCUT2D eigenvalue weighted by Gasteiger charge is -2.21. The van der Waals surface area contributed by atoms with Crippen molar-refractivity contribution in [2.45, 2.75) is 39.2 Å². The van der Waals surface area contributed by atoms with Gasteiger partial charge in [-0.1, -0.05) is 31.9 Å². The van der Waals surface area contributed by atoms with Crippen molar-refractivity contribution in [1.29, 1.82) is 0 Å². The second-order valence-electron chi connectivity index (χ2n) is 5.39. The van der Waals surface area contributed by atoms with Crippen LogP contribution in [0.2, 0.25) is 0 Å². The molecule has 0 aliphatic rings. The number of phenolic OH excluding ortho intramolecular Hbond substituents is 1. The molecule has 0 bridgehead atoms. The summed E-state index contributed by atoms with van der Waals surface area (Å²) in [7, 11) is 0. The first-order valence-corrected chi connectivity index (χ1v) is 7.41. The summed E-state index contributed by atoms with van der Waals surface area (Å²) in [6.07, 6.45) is 3.21. The smallest absolute Gasteiger partial charge is 0.123 e. The topological polar surface area (TPSA) is 32.3 Å². The third kappa shape index (κ3) is 4.22. The zero-order chi connectivity index (χ0) is 15.2. The molecular formula is C18H22FNO. The second kappa shape index (κ2) is 7.11. The summed E-state index contributed by atoms with van der Waals surface area (Å²) in [6.45, 7) is 4.03. The molecule has 2 aromatic rings. The van der Waals surface area contributed by atoms with Crippen LogP contribution in [0, 0.1) is 12.7 Å². The fourth-order valence-corrected chi connectivity index (χ4v) is 2.37. The van der Waals surface area contributed by atoms with Gasteiger partial charge in [-0.25, -0.2) is 4.39 Å². The molecule has 0 aliphatic carbocycles. The number of hydrogen-bond donors (Lipinski definition) is 2. The SMILES string of the molecule is CCCCC(Nc1ccc(O)c(C)c1)c1ccc(F)cc1. The van der Waals surface area contributed by atoms with Crippen molar-refractivity contribution in [1.82, 2.24) is 0 Å². The Bertz CT molecular complexity index is 580. The predicted octanol–water partition coefficient (Wildman–Crippen LogP) is 5.18. The fraction of sp³-hybridized carbons (Fsp3) is 0.333. The normalized spacial score (nSPS) is 12.1. The molecule has 0 amide bonds. The van der Waals surface area contributed by atoms with Crippen LogP contribution in [0.25, 0.3) is 0 Å². The van der Waals surface area contributed by atoms with Gasteiger partial charge in [0.05, 0.1) is 6.04 Å². The van der Waals surface area contributed by atoms with Crippen LogP contribution < -0.4 is 5.32 Å². The van der Waals surface area contributed by atoms with E-state index in [1.165, 1.54) is 12.1 Å². The molecule has 2 N–H and O–H groups in total. The highest BCUT2D eigenvalue weighted by Crippen LogP contribution is 2.27. The Balaban J connectivity index is 2.19. The van der Waals surface area contributed by atoms with Gasteiger partial charge in [0.25, 0.3) is 0 Å². The predicted molar refractivity (Wildman–Crippen MR) is 85.1 cm³/mol. The third-order valence-electron chi connectivity index (χ3n) is 3.66. The summed E-state index contributed by atoms with van der Waals surface area (Å²) in [4.78, 5) is 0. The Hall–Kier alpha value is -2.03. The summed E-state index contributed by atoms with van der Waals surface area (Å²) in [5.74, 6) is 0.0842. The van der Waals surface area contributed by atoms with Crippen molar-refractivity contribution >= 4 is 5.69 Å². The van der Waals surface area contributed by atoms with Gasteiger partial charge >= 0.3 is 0 Å². The van der Waals surface area contributed by atoms with Crippen LogP contribution >= 0.6 is 0 Å². The van der Waals surface area contributed by atoms with Crippen molar-refractivity contribution in [3.05, 3.63) is 59.4 Å². The minimum atomic E-state index is -0.214. The number of aromatic hydroxyl groups is 1. The Labute approximate surface area is 125 Å². The molecule has 2 aromatic carbocycles. The fourth-order valence-electron chi connectivity index (χ4n) is 2.37. The lowest BCUT2D eigenvalue weighted by atomic mass is 10.0. The van der Waals surface area contributed by atoms with Gasteiger partial charge in [-0.15, -0.1) is 0 Å². The Morgan fingerprint density at radius 1 is 1.14 bits per heavy atom. The van der Waals surface area contributed by atoms with Gasteiger partial charge in [-0.2, -0.15) is 0 Å². The molecule has 21 heavy (non-hydrogen) atoms. The van der Waals surface area contributed by atoms with Gasteiger partial charge in [0.15, 0.2) is 0 Å². The van der Waals surface area contributed by atoms with Gasteiger partial charge in [-0.05, 0) is 54.8 Å². The highest BCUT2D eigenvalue weighted by molar-refractivity contribution is 5.51. The summed E-state index contributed by atoms with van der Waals surface area (Å²) >= 11 is 0. The number of phenols is 1. The number of nitrogens with one attached hydrogen (secondary N) is 1. The van der Waals surface area contributed by atoms with E-state index in [0.29, 0.717) is 5.75 Å². The van der Waals surface area contributed by atoms with Crippen molar-refractivity contribution in [2.24, 2.45) is 0 Å². The average Bonchev–Trinajstić information content (AvgIpc) is 2.48. The highest BCUT2D eigenvalue weighted by atomic mass is 19.1. The number of hydrogen-bond acceptors (Lipinski definition) is 2. The van der Waals surface area contributed by atoms with E-state index in [0.717, 1.165) is 36.1 Å². The zero-order valence-corrected chi connectivity index (χ0v) is 12.6. The Kier molecular flexibility index (Phi) is 5.20. The molecule has 1 atom stereocenters. The maximum atomic E-state index is 13.1. The molecule has 112 valence electrons. The van der Waals surface area contributed by atoms with Gasteiger partial charge in [-0.3, -0.25) is 0 Å². The van der Waals surface area contributed by atoms with Crippen LogP contribution in [-0.4, -0.2) is 5.11 Å². The highest BCUT2D eigenvalue weighted by Gasteiger charge is 2.11. The van der Waals surface area contributed by atoms with Crippen molar-refractivity contribution in [2.75, 3.05) is 5.32 Å². The van der Waals surface area contributed by atoms with E-state index in [2.05, 4.69) is 12.2 Å². The quantitative estimate of drug-likeness (QED) is 0.717. The van der Waals surface area contributed by atoms with E-state index in [1.807, 2.05) is 31.2 Å². The third-order valence-corrected chi connectivity index (χ3v) is 3.66. The van der Waals surface area contributed by atoms with Crippen molar-refractivity contribution in [3.8, 4) is 5.75 Å². The van der Waals surface area contributed by atoms with E-state index in [9.17, 15) is 9.50 Å². The molecule has 0 aliphatic heterocycles. The van der Waals surface area contributed by atoms with Gasteiger partial charge < -0.3 is 10.4 Å². The summed E-state index contributed by atoms with van der Waals surface area (Å²) < 4.78 is 13.1. The first-order chi connectivity index (χ1) is 10.1. The lowest BCUT2D eigenvalue weighted by Crippen LogP contribution is -2.11. The van der Waals surface area contributed by atoms with Crippen molar-refractivity contribution in [3.63, 3.8) is 0 Å². The maximum Gasteiger partial charge on any atom is 0.123 e. The van der Waals surface area contributed by atoms with E-state index < -0.39 is 0 Å². The zero-order valence-electron chi connectivity index (χ0n) is 12.6. The van der Waals surface area contributed by atoms with Crippen LogP contribution in [-0.2, 0) is 0 Å². The monoisotopic (exact) mass is 287 g/mol. The minimum Gasteiger partial charge on any atom is -0.508 e. The molecule has 0 aromatic heterocycles. The van der Waals surface area contributed by atoms with E-state index in [1.54, 1.807) is 6.07 Å². The molecule has 0 spiro atoms. The van der Waals surface area contributed by atoms with Gasteiger partial charge in [0.1, 0.15) is 11.6 Å². The number of anilines is 1. The van der Waals surface area contributed by atoms with Crippen molar-refractivity contribution < 1.29 is 9.50 Å². The molecular weight excluding hydrogens is 265 g/mol. The largest absolute Gasteiger partial charge is 0.508 e. The number of aryl methyl sites for hydroxylation is 1. The lowest BCUT2D eigenvalue weighted by molar-refractivity contribution is 0.471. The van der Waals surface area contributed by atoms with Crippen LogP contribution in [0.1, 0.15) is 43.4 Å². The molecule has 2 rings (SSSR count). The summed E-state index contributed by atoms with van der Waals surface area (Å²) in [5.41, 5.74) is 2.89. The van der Waals surface area contributed by atoms with Crippen LogP contribution in [0.15, 0.2) is 42.5 Å². The molecule has 0 saturated carbocycles. The van der Waals surface area contributed by atoms with E-state index >= 15 is 0 Å². The van der Waals surface area contributed by atoms with Gasteiger partial charge in [0.2, 0.25) is 0 Å². The van der Waals surface area contributed by atoms with Gasteiger partial charge in [0, 0.05) is 5.69 Å². The second-order valence-corrected chi connectivity index (χ2v) is 5.39. The van der Waals surface area contributed by atoms with E-state index in [4.69, 9.17) is 0 Å². The molecule has 0 radical (unpaired) electrons. The molecule has 0 fully saturated rings. The molecule has 2 nitrogen and oxygen atoms in total. The molecule has 3 heteroatoms. The summed E-state index contributed by atoms with van der Waals surface area (Å²) in [5, 5.41) is 13.1. The van der Waals surface area contributed by atoms with Crippen LogP contribution in [0.4, 0.5) is 10.1 Å². The Morgan fingerprint density at radius 3 is 2.48 bits per heavy atom. The number of halogens is 1. The average molecular weight is 287 g/mol. The number of rotatable bonds is 6. The molecule has 0 saturated heterocycles. The first kappa shape index (κ1) is 15.4. The van der Waals surface area contributed by atoms with E-state index in [-0.39, 0.29) is 11.9 Å². The van der Waals surface area contributed by atoms with Crippen LogP contribution in [0.3, 0.4) is 0 Å². The molecule has 1 unspecified atom stereocenters. The van der Waals surface area contributed by atoms with Crippen LogP contribution in [0.5, 0.6) is 5.75 Å².